The third-order valence-electron chi connectivity index (χ3n) is 3.22. The first-order chi connectivity index (χ1) is 8.13. The molecule has 0 saturated heterocycles. The van der Waals surface area contributed by atoms with Crippen molar-refractivity contribution in [2.75, 3.05) is 6.61 Å². The second-order valence-corrected chi connectivity index (χ2v) is 4.39. The van der Waals surface area contributed by atoms with Crippen LogP contribution in [0.15, 0.2) is 18.2 Å². The van der Waals surface area contributed by atoms with Crippen molar-refractivity contribution in [2.45, 2.75) is 46.3 Å². The molecule has 1 rings (SSSR count). The Morgan fingerprint density at radius 3 is 2.41 bits per heavy atom. The molecule has 96 valence electrons. The van der Waals surface area contributed by atoms with Crippen LogP contribution in [0.5, 0.6) is 0 Å². The summed E-state index contributed by atoms with van der Waals surface area (Å²) in [5.74, 6) is 5.67. The van der Waals surface area contributed by atoms with E-state index in [0.717, 1.165) is 6.42 Å². The first-order valence-electron chi connectivity index (χ1n) is 6.28. The number of benzene rings is 1. The zero-order chi connectivity index (χ0) is 12.8. The number of nitrogens with one attached hydrogen (secondary N) is 1. The molecule has 0 aliphatic carbocycles. The Labute approximate surface area is 104 Å². The van der Waals surface area contributed by atoms with Crippen LogP contribution in [-0.4, -0.2) is 12.7 Å². The Balaban J connectivity index is 2.95. The summed E-state index contributed by atoms with van der Waals surface area (Å²) >= 11 is 0. The molecule has 1 aromatic rings. The van der Waals surface area contributed by atoms with Crippen LogP contribution >= 0.6 is 0 Å². The zero-order valence-corrected chi connectivity index (χ0v) is 11.3. The maximum absolute atomic E-state index is 5.73. The van der Waals surface area contributed by atoms with Gasteiger partial charge >= 0.3 is 0 Å². The number of hydrazine groups is 1. The lowest BCUT2D eigenvalue weighted by molar-refractivity contribution is 0.0314. The summed E-state index contributed by atoms with van der Waals surface area (Å²) in [4.78, 5) is 0. The summed E-state index contributed by atoms with van der Waals surface area (Å²) in [6, 6.07) is 6.49. The number of rotatable bonds is 6. The van der Waals surface area contributed by atoms with E-state index >= 15 is 0 Å². The Morgan fingerprint density at radius 2 is 1.94 bits per heavy atom. The van der Waals surface area contributed by atoms with Gasteiger partial charge in [-0.05, 0) is 43.9 Å². The van der Waals surface area contributed by atoms with Gasteiger partial charge in [0.25, 0.3) is 0 Å². The van der Waals surface area contributed by atoms with E-state index in [0.29, 0.717) is 6.61 Å². The average molecular weight is 236 g/mol. The molecule has 0 saturated carbocycles. The minimum Gasteiger partial charge on any atom is -0.376 e. The summed E-state index contributed by atoms with van der Waals surface area (Å²) in [6.45, 7) is 9.07. The van der Waals surface area contributed by atoms with Crippen LogP contribution in [0, 0.1) is 13.8 Å². The predicted octanol–water partition coefficient (Wildman–Crippen LogP) is 2.62. The highest BCUT2D eigenvalue weighted by Crippen LogP contribution is 2.23. The van der Waals surface area contributed by atoms with Gasteiger partial charge in [0, 0.05) is 6.61 Å². The molecule has 0 aliphatic heterocycles. The van der Waals surface area contributed by atoms with Crippen molar-refractivity contribution in [3.63, 3.8) is 0 Å². The van der Waals surface area contributed by atoms with Gasteiger partial charge in [0.15, 0.2) is 0 Å². The molecule has 0 aromatic heterocycles. The molecule has 3 heteroatoms. The summed E-state index contributed by atoms with van der Waals surface area (Å²) in [5, 5.41) is 0. The predicted molar refractivity (Wildman–Crippen MR) is 71.7 cm³/mol. The lowest BCUT2D eigenvalue weighted by Crippen LogP contribution is -2.37. The molecule has 0 amide bonds. The fourth-order valence-electron chi connectivity index (χ4n) is 2.04. The Morgan fingerprint density at radius 1 is 1.24 bits per heavy atom. The Bertz CT molecular complexity index is 352. The molecule has 0 heterocycles. The maximum Gasteiger partial charge on any atom is 0.0779 e. The van der Waals surface area contributed by atoms with Crippen molar-refractivity contribution < 1.29 is 4.74 Å². The molecule has 1 aromatic carbocycles. The number of ether oxygens (including phenoxy) is 1. The van der Waals surface area contributed by atoms with Crippen LogP contribution in [0.2, 0.25) is 0 Å². The molecule has 0 aliphatic rings. The Hall–Kier alpha value is -0.900. The maximum atomic E-state index is 5.73. The van der Waals surface area contributed by atoms with Crippen LogP contribution in [0.25, 0.3) is 0 Å². The molecule has 0 fully saturated rings. The molecule has 0 radical (unpaired) electrons. The first kappa shape index (κ1) is 14.2. The van der Waals surface area contributed by atoms with Crippen LogP contribution in [-0.2, 0) is 4.74 Å². The standard InChI is InChI=1S/C14H24N2O/c1-5-13(17-6-2)14(16-15)12-8-7-10(3)11(4)9-12/h7-9,13-14,16H,5-6,15H2,1-4H3. The first-order valence-corrected chi connectivity index (χ1v) is 6.28. The highest BCUT2D eigenvalue weighted by atomic mass is 16.5. The van der Waals surface area contributed by atoms with Gasteiger partial charge in [-0.2, -0.15) is 0 Å². The largest absolute Gasteiger partial charge is 0.376 e. The van der Waals surface area contributed by atoms with Gasteiger partial charge in [0.1, 0.15) is 0 Å². The SMILES string of the molecule is CCOC(CC)C(NN)c1ccc(C)c(C)c1. The van der Waals surface area contributed by atoms with Crippen molar-refractivity contribution >= 4 is 0 Å². The van der Waals surface area contributed by atoms with Gasteiger partial charge in [0.2, 0.25) is 0 Å². The van der Waals surface area contributed by atoms with Crippen molar-refractivity contribution in [1.82, 2.24) is 5.43 Å². The van der Waals surface area contributed by atoms with Crippen LogP contribution in [0.4, 0.5) is 0 Å². The fraction of sp³-hybridized carbons (Fsp3) is 0.571. The van der Waals surface area contributed by atoms with Crippen molar-refractivity contribution in [3.8, 4) is 0 Å². The van der Waals surface area contributed by atoms with Gasteiger partial charge < -0.3 is 4.74 Å². The monoisotopic (exact) mass is 236 g/mol. The molecule has 3 nitrogen and oxygen atoms in total. The quantitative estimate of drug-likeness (QED) is 0.589. The lowest BCUT2D eigenvalue weighted by atomic mass is 9.96. The number of hydrogen-bond acceptors (Lipinski definition) is 3. The zero-order valence-electron chi connectivity index (χ0n) is 11.3. The van der Waals surface area contributed by atoms with Crippen molar-refractivity contribution in [1.29, 1.82) is 0 Å². The highest BCUT2D eigenvalue weighted by Gasteiger charge is 2.21. The van der Waals surface area contributed by atoms with Gasteiger partial charge in [-0.15, -0.1) is 0 Å². The normalized spacial score (nSPS) is 14.6. The van der Waals surface area contributed by atoms with E-state index in [4.69, 9.17) is 10.6 Å². The van der Waals surface area contributed by atoms with E-state index in [1.54, 1.807) is 0 Å². The minimum atomic E-state index is 0.0549. The topological polar surface area (TPSA) is 47.3 Å². The van der Waals surface area contributed by atoms with E-state index < -0.39 is 0 Å². The second-order valence-electron chi connectivity index (χ2n) is 4.39. The van der Waals surface area contributed by atoms with E-state index in [2.05, 4.69) is 44.4 Å². The van der Waals surface area contributed by atoms with Gasteiger partial charge in [-0.25, -0.2) is 0 Å². The highest BCUT2D eigenvalue weighted by molar-refractivity contribution is 5.32. The average Bonchev–Trinajstić information content (AvgIpc) is 2.33. The lowest BCUT2D eigenvalue weighted by Gasteiger charge is -2.26. The molecule has 3 N–H and O–H groups in total. The Kier molecular flexibility index (Phi) is 5.62. The molecule has 0 spiro atoms. The third kappa shape index (κ3) is 3.53. The van der Waals surface area contributed by atoms with Gasteiger partial charge in [-0.1, -0.05) is 25.1 Å². The fourth-order valence-corrected chi connectivity index (χ4v) is 2.04. The summed E-state index contributed by atoms with van der Waals surface area (Å²) in [5.41, 5.74) is 6.65. The van der Waals surface area contributed by atoms with E-state index in [1.807, 2.05) is 6.92 Å². The van der Waals surface area contributed by atoms with Crippen molar-refractivity contribution in [3.05, 3.63) is 34.9 Å². The van der Waals surface area contributed by atoms with Gasteiger partial charge in [0.05, 0.1) is 12.1 Å². The molecule has 0 bridgehead atoms. The molecule has 17 heavy (non-hydrogen) atoms. The summed E-state index contributed by atoms with van der Waals surface area (Å²) in [6.07, 6.45) is 1.06. The van der Waals surface area contributed by atoms with E-state index in [1.165, 1.54) is 16.7 Å². The van der Waals surface area contributed by atoms with Crippen LogP contribution in [0.3, 0.4) is 0 Å². The third-order valence-corrected chi connectivity index (χ3v) is 3.22. The second kappa shape index (κ2) is 6.74. The molecule has 2 atom stereocenters. The number of aryl methyl sites for hydroxylation is 2. The number of hydrogen-bond donors (Lipinski definition) is 2. The van der Waals surface area contributed by atoms with Crippen LogP contribution in [0.1, 0.15) is 43.0 Å². The number of nitrogens with two attached hydrogens (primary N) is 1. The van der Waals surface area contributed by atoms with Crippen LogP contribution < -0.4 is 11.3 Å². The molecule has 2 unspecified atom stereocenters. The van der Waals surface area contributed by atoms with Gasteiger partial charge in [-0.3, -0.25) is 11.3 Å². The minimum absolute atomic E-state index is 0.0549. The smallest absolute Gasteiger partial charge is 0.0779 e. The van der Waals surface area contributed by atoms with Crippen molar-refractivity contribution in [2.24, 2.45) is 5.84 Å². The molecular formula is C14H24N2O. The van der Waals surface area contributed by atoms with E-state index in [9.17, 15) is 0 Å². The summed E-state index contributed by atoms with van der Waals surface area (Å²) < 4.78 is 5.73. The van der Waals surface area contributed by atoms with E-state index in [-0.39, 0.29) is 12.1 Å². The summed E-state index contributed by atoms with van der Waals surface area (Å²) in [7, 11) is 0. The molecular weight excluding hydrogens is 212 g/mol.